The Morgan fingerprint density at radius 3 is 2.31 bits per heavy atom. The SMILES string of the molecule is CCC(NC(CO)CO)c1nc(C)c(C)s1. The number of aromatic nitrogens is 1. The molecule has 0 aromatic carbocycles. The summed E-state index contributed by atoms with van der Waals surface area (Å²) >= 11 is 1.67. The van der Waals surface area contributed by atoms with Crippen molar-refractivity contribution < 1.29 is 10.2 Å². The maximum Gasteiger partial charge on any atom is 0.110 e. The second-order valence-corrected chi connectivity index (χ2v) is 5.12. The summed E-state index contributed by atoms with van der Waals surface area (Å²) in [6.45, 7) is 6.00. The molecule has 0 aliphatic carbocycles. The summed E-state index contributed by atoms with van der Waals surface area (Å²) in [6, 6.07) is -0.156. The molecule has 4 nitrogen and oxygen atoms in total. The highest BCUT2D eigenvalue weighted by Gasteiger charge is 2.18. The molecular formula is C11H20N2O2S. The van der Waals surface area contributed by atoms with Crippen molar-refractivity contribution in [2.45, 2.75) is 39.3 Å². The van der Waals surface area contributed by atoms with Gasteiger partial charge in [0.05, 0.1) is 31.0 Å². The minimum atomic E-state index is -0.269. The molecule has 0 amide bonds. The summed E-state index contributed by atoms with van der Waals surface area (Å²) < 4.78 is 0. The topological polar surface area (TPSA) is 65.4 Å². The Labute approximate surface area is 100 Å². The molecule has 1 aromatic heterocycles. The van der Waals surface area contributed by atoms with E-state index in [1.54, 1.807) is 11.3 Å². The van der Waals surface area contributed by atoms with Gasteiger partial charge in [-0.3, -0.25) is 0 Å². The van der Waals surface area contributed by atoms with Crippen molar-refractivity contribution in [3.05, 3.63) is 15.6 Å². The van der Waals surface area contributed by atoms with Crippen molar-refractivity contribution in [2.75, 3.05) is 13.2 Å². The van der Waals surface area contributed by atoms with Crippen LogP contribution in [0.1, 0.15) is 35.0 Å². The number of hydrogen-bond donors (Lipinski definition) is 3. The molecule has 1 rings (SSSR count). The Morgan fingerprint density at radius 2 is 1.94 bits per heavy atom. The molecule has 3 N–H and O–H groups in total. The first-order valence-electron chi connectivity index (χ1n) is 5.54. The van der Waals surface area contributed by atoms with Gasteiger partial charge in [0, 0.05) is 4.88 Å². The van der Waals surface area contributed by atoms with Crippen LogP contribution in [0.2, 0.25) is 0 Å². The number of hydrogen-bond acceptors (Lipinski definition) is 5. The molecule has 0 saturated heterocycles. The third-order valence-electron chi connectivity index (χ3n) is 2.63. The van der Waals surface area contributed by atoms with E-state index in [2.05, 4.69) is 24.1 Å². The van der Waals surface area contributed by atoms with Gasteiger partial charge in [0.1, 0.15) is 5.01 Å². The zero-order valence-corrected chi connectivity index (χ0v) is 10.8. The predicted molar refractivity (Wildman–Crippen MR) is 65.7 cm³/mol. The van der Waals surface area contributed by atoms with Crippen molar-refractivity contribution >= 4 is 11.3 Å². The molecule has 0 aliphatic rings. The first-order valence-corrected chi connectivity index (χ1v) is 6.35. The van der Waals surface area contributed by atoms with E-state index < -0.39 is 0 Å². The molecular weight excluding hydrogens is 224 g/mol. The van der Waals surface area contributed by atoms with E-state index in [1.807, 2.05) is 6.92 Å². The van der Waals surface area contributed by atoms with Crippen LogP contribution in [0, 0.1) is 13.8 Å². The van der Waals surface area contributed by atoms with E-state index in [0.717, 1.165) is 17.1 Å². The quantitative estimate of drug-likeness (QED) is 0.702. The first kappa shape index (κ1) is 13.6. The van der Waals surface area contributed by atoms with E-state index in [9.17, 15) is 0 Å². The van der Waals surface area contributed by atoms with Crippen molar-refractivity contribution in [1.82, 2.24) is 10.3 Å². The lowest BCUT2D eigenvalue weighted by Gasteiger charge is -2.20. The second kappa shape index (κ2) is 6.30. The van der Waals surface area contributed by atoms with Crippen molar-refractivity contribution in [3.63, 3.8) is 0 Å². The maximum atomic E-state index is 9.04. The number of thiazole rings is 1. The molecule has 1 unspecified atom stereocenters. The Balaban J connectivity index is 2.74. The van der Waals surface area contributed by atoms with Crippen LogP contribution in [-0.2, 0) is 0 Å². The van der Waals surface area contributed by atoms with Crippen LogP contribution >= 0.6 is 11.3 Å². The van der Waals surface area contributed by atoms with Gasteiger partial charge >= 0.3 is 0 Å². The highest BCUT2D eigenvalue weighted by atomic mass is 32.1. The van der Waals surface area contributed by atoms with Gasteiger partial charge in [-0.05, 0) is 20.3 Å². The Bertz CT molecular complexity index is 304. The minimum absolute atomic E-state index is 0.0592. The number of aryl methyl sites for hydroxylation is 2. The van der Waals surface area contributed by atoms with Gasteiger partial charge in [0.2, 0.25) is 0 Å². The van der Waals surface area contributed by atoms with Gasteiger partial charge in [0.25, 0.3) is 0 Å². The third kappa shape index (κ3) is 3.25. The molecule has 0 fully saturated rings. The van der Waals surface area contributed by atoms with E-state index in [-0.39, 0.29) is 25.3 Å². The summed E-state index contributed by atoms with van der Waals surface area (Å²) in [5.74, 6) is 0. The summed E-state index contributed by atoms with van der Waals surface area (Å²) in [5.41, 5.74) is 1.06. The normalized spacial score (nSPS) is 13.4. The molecule has 1 heterocycles. The van der Waals surface area contributed by atoms with Gasteiger partial charge in [-0.1, -0.05) is 6.92 Å². The van der Waals surface area contributed by atoms with Crippen LogP contribution in [-0.4, -0.2) is 34.5 Å². The van der Waals surface area contributed by atoms with Gasteiger partial charge in [-0.15, -0.1) is 11.3 Å². The summed E-state index contributed by atoms with van der Waals surface area (Å²) in [4.78, 5) is 5.72. The molecule has 0 aliphatic heterocycles. The van der Waals surface area contributed by atoms with Crippen molar-refractivity contribution in [3.8, 4) is 0 Å². The zero-order valence-electron chi connectivity index (χ0n) is 10.0. The lowest BCUT2D eigenvalue weighted by atomic mass is 10.2. The molecule has 0 spiro atoms. The van der Waals surface area contributed by atoms with E-state index >= 15 is 0 Å². The Kier molecular flexibility index (Phi) is 5.34. The average molecular weight is 244 g/mol. The number of aliphatic hydroxyl groups is 2. The fraction of sp³-hybridized carbons (Fsp3) is 0.727. The van der Waals surface area contributed by atoms with Crippen LogP contribution in [0.4, 0.5) is 0 Å². The molecule has 16 heavy (non-hydrogen) atoms. The van der Waals surface area contributed by atoms with Crippen LogP contribution in [0.25, 0.3) is 0 Å². The first-order chi connectivity index (χ1) is 7.62. The zero-order chi connectivity index (χ0) is 12.1. The van der Waals surface area contributed by atoms with E-state index in [0.29, 0.717) is 0 Å². The Hall–Kier alpha value is -0.490. The molecule has 0 bridgehead atoms. The summed E-state index contributed by atoms with van der Waals surface area (Å²) in [5, 5.41) is 22.3. The molecule has 5 heteroatoms. The number of nitrogens with one attached hydrogen (secondary N) is 1. The third-order valence-corrected chi connectivity index (χ3v) is 3.82. The van der Waals surface area contributed by atoms with Gasteiger partial charge < -0.3 is 15.5 Å². The lowest BCUT2D eigenvalue weighted by Crippen LogP contribution is -2.38. The van der Waals surface area contributed by atoms with Gasteiger partial charge in [0.15, 0.2) is 0 Å². The summed E-state index contributed by atoms with van der Waals surface area (Å²) in [7, 11) is 0. The van der Waals surface area contributed by atoms with Crippen LogP contribution in [0.15, 0.2) is 0 Å². The lowest BCUT2D eigenvalue weighted by molar-refractivity contribution is 0.161. The molecule has 1 atom stereocenters. The standard InChI is InChI=1S/C11H20N2O2S/c1-4-10(13-9(5-14)6-15)11-12-7(2)8(3)16-11/h9-10,13-15H,4-6H2,1-3H3. The van der Waals surface area contributed by atoms with Gasteiger partial charge in [-0.25, -0.2) is 4.98 Å². The molecule has 92 valence electrons. The van der Waals surface area contributed by atoms with Crippen LogP contribution < -0.4 is 5.32 Å². The van der Waals surface area contributed by atoms with Crippen LogP contribution in [0.3, 0.4) is 0 Å². The molecule has 0 radical (unpaired) electrons. The fourth-order valence-electron chi connectivity index (χ4n) is 1.46. The smallest absolute Gasteiger partial charge is 0.110 e. The summed E-state index contributed by atoms with van der Waals surface area (Å²) in [6.07, 6.45) is 0.892. The van der Waals surface area contributed by atoms with E-state index in [1.165, 1.54) is 4.88 Å². The monoisotopic (exact) mass is 244 g/mol. The predicted octanol–water partition coefficient (Wildman–Crippen LogP) is 1.15. The van der Waals surface area contributed by atoms with Crippen molar-refractivity contribution in [1.29, 1.82) is 0 Å². The highest BCUT2D eigenvalue weighted by molar-refractivity contribution is 7.11. The minimum Gasteiger partial charge on any atom is -0.395 e. The van der Waals surface area contributed by atoms with Crippen LogP contribution in [0.5, 0.6) is 0 Å². The molecule has 1 aromatic rings. The highest BCUT2D eigenvalue weighted by Crippen LogP contribution is 2.25. The fourth-order valence-corrected chi connectivity index (χ4v) is 2.52. The number of rotatable bonds is 6. The average Bonchev–Trinajstić information content (AvgIpc) is 2.61. The number of aliphatic hydroxyl groups excluding tert-OH is 2. The maximum absolute atomic E-state index is 9.04. The second-order valence-electron chi connectivity index (χ2n) is 3.88. The Morgan fingerprint density at radius 1 is 1.31 bits per heavy atom. The largest absolute Gasteiger partial charge is 0.395 e. The number of nitrogens with zero attached hydrogens (tertiary/aromatic N) is 1. The van der Waals surface area contributed by atoms with Crippen molar-refractivity contribution in [2.24, 2.45) is 0 Å². The van der Waals surface area contributed by atoms with E-state index in [4.69, 9.17) is 10.2 Å². The van der Waals surface area contributed by atoms with Gasteiger partial charge in [-0.2, -0.15) is 0 Å². The molecule has 0 saturated carbocycles.